The Morgan fingerprint density at radius 3 is 2.68 bits per heavy atom. The van der Waals surface area contributed by atoms with Gasteiger partial charge in [-0.3, -0.25) is 9.78 Å². The van der Waals surface area contributed by atoms with Crippen LogP contribution in [0.3, 0.4) is 0 Å². The fourth-order valence-corrected chi connectivity index (χ4v) is 2.29. The summed E-state index contributed by atoms with van der Waals surface area (Å²) in [6.45, 7) is 6.17. The molecular formula is C16H19NO2. The highest BCUT2D eigenvalue weighted by Gasteiger charge is 2.09. The summed E-state index contributed by atoms with van der Waals surface area (Å²) in [7, 11) is 1.42. The van der Waals surface area contributed by atoms with Crippen molar-refractivity contribution in [1.82, 2.24) is 4.98 Å². The monoisotopic (exact) mass is 257 g/mol. The van der Waals surface area contributed by atoms with Crippen molar-refractivity contribution in [3.63, 3.8) is 0 Å². The molecule has 0 unspecified atom stereocenters. The molecule has 0 saturated heterocycles. The molecule has 2 aromatic rings. The first-order valence-electron chi connectivity index (χ1n) is 6.46. The topological polar surface area (TPSA) is 39.2 Å². The maximum atomic E-state index is 11.3. The van der Waals surface area contributed by atoms with Crippen molar-refractivity contribution in [2.75, 3.05) is 7.11 Å². The van der Waals surface area contributed by atoms with Gasteiger partial charge < -0.3 is 4.74 Å². The zero-order valence-corrected chi connectivity index (χ0v) is 11.9. The second-order valence-electron chi connectivity index (χ2n) is 4.90. The summed E-state index contributed by atoms with van der Waals surface area (Å²) in [5, 5.41) is 1.14. The SMILES string of the molecule is COC(=O)CCc1cc(C)nc2c(C)c(C)ccc12. The summed E-state index contributed by atoms with van der Waals surface area (Å²) in [5.41, 5.74) is 5.64. The molecule has 0 N–H and O–H groups in total. The van der Waals surface area contributed by atoms with Crippen LogP contribution in [0.15, 0.2) is 18.2 Å². The Labute approximate surface area is 113 Å². The van der Waals surface area contributed by atoms with Crippen LogP contribution in [0.1, 0.15) is 28.8 Å². The normalized spacial score (nSPS) is 10.7. The van der Waals surface area contributed by atoms with Crippen molar-refractivity contribution in [1.29, 1.82) is 0 Å². The van der Waals surface area contributed by atoms with E-state index in [2.05, 4.69) is 37.0 Å². The number of nitrogens with zero attached hydrogens (tertiary/aromatic N) is 1. The maximum Gasteiger partial charge on any atom is 0.305 e. The van der Waals surface area contributed by atoms with Gasteiger partial charge in [-0.25, -0.2) is 0 Å². The Bertz CT molecular complexity index is 632. The number of benzene rings is 1. The van der Waals surface area contributed by atoms with E-state index < -0.39 is 0 Å². The number of hydrogen-bond donors (Lipinski definition) is 0. The van der Waals surface area contributed by atoms with Gasteiger partial charge in [-0.2, -0.15) is 0 Å². The van der Waals surface area contributed by atoms with Gasteiger partial charge in [0, 0.05) is 17.5 Å². The average Bonchev–Trinajstić information content (AvgIpc) is 2.40. The number of esters is 1. The minimum absolute atomic E-state index is 0.175. The van der Waals surface area contributed by atoms with Crippen LogP contribution in [0, 0.1) is 20.8 Å². The highest BCUT2D eigenvalue weighted by atomic mass is 16.5. The highest BCUT2D eigenvalue weighted by Crippen LogP contribution is 2.24. The highest BCUT2D eigenvalue weighted by molar-refractivity contribution is 5.86. The van der Waals surface area contributed by atoms with Crippen molar-refractivity contribution >= 4 is 16.9 Å². The molecule has 1 aromatic carbocycles. The van der Waals surface area contributed by atoms with Crippen LogP contribution in [0.5, 0.6) is 0 Å². The van der Waals surface area contributed by atoms with Gasteiger partial charge in [-0.05, 0) is 49.9 Å². The van der Waals surface area contributed by atoms with Gasteiger partial charge in [0.15, 0.2) is 0 Å². The molecule has 0 spiro atoms. The largest absolute Gasteiger partial charge is 0.469 e. The summed E-state index contributed by atoms with van der Waals surface area (Å²) < 4.78 is 4.70. The van der Waals surface area contributed by atoms with Gasteiger partial charge >= 0.3 is 5.97 Å². The molecule has 3 nitrogen and oxygen atoms in total. The quantitative estimate of drug-likeness (QED) is 0.792. The first kappa shape index (κ1) is 13.5. The predicted molar refractivity (Wildman–Crippen MR) is 76.3 cm³/mol. The number of hydrogen-bond acceptors (Lipinski definition) is 3. The number of ether oxygens (including phenoxy) is 1. The standard InChI is InChI=1S/C16H19NO2/c1-10-5-7-14-13(6-8-15(18)19-4)9-11(2)17-16(14)12(10)3/h5,7,9H,6,8H2,1-4H3. The molecule has 100 valence electrons. The molecular weight excluding hydrogens is 238 g/mol. The summed E-state index contributed by atoms with van der Waals surface area (Å²) in [6, 6.07) is 6.26. The molecule has 0 bridgehead atoms. The Balaban J connectivity index is 2.49. The van der Waals surface area contributed by atoms with E-state index in [9.17, 15) is 4.79 Å². The van der Waals surface area contributed by atoms with Gasteiger partial charge in [0.05, 0.1) is 12.6 Å². The van der Waals surface area contributed by atoms with Crippen LogP contribution in [-0.2, 0) is 16.0 Å². The van der Waals surface area contributed by atoms with E-state index >= 15 is 0 Å². The zero-order chi connectivity index (χ0) is 14.0. The van der Waals surface area contributed by atoms with Crippen molar-refractivity contribution < 1.29 is 9.53 Å². The number of aryl methyl sites for hydroxylation is 4. The van der Waals surface area contributed by atoms with E-state index in [4.69, 9.17) is 4.74 Å². The first-order chi connectivity index (χ1) is 9.02. The first-order valence-corrected chi connectivity index (χ1v) is 6.46. The van der Waals surface area contributed by atoms with Gasteiger partial charge in [-0.1, -0.05) is 12.1 Å². The number of rotatable bonds is 3. The Hall–Kier alpha value is -1.90. The van der Waals surface area contributed by atoms with E-state index in [1.807, 2.05) is 6.92 Å². The number of pyridine rings is 1. The van der Waals surface area contributed by atoms with Gasteiger partial charge in [0.2, 0.25) is 0 Å². The molecule has 3 heteroatoms. The third-order valence-corrected chi connectivity index (χ3v) is 3.55. The lowest BCUT2D eigenvalue weighted by Gasteiger charge is -2.11. The van der Waals surface area contributed by atoms with Crippen LogP contribution < -0.4 is 0 Å². The molecule has 0 fully saturated rings. The number of carbonyl (C=O) groups excluding carboxylic acids is 1. The molecule has 19 heavy (non-hydrogen) atoms. The summed E-state index contributed by atoms with van der Waals surface area (Å²) in [4.78, 5) is 15.9. The van der Waals surface area contributed by atoms with Gasteiger partial charge in [-0.15, -0.1) is 0 Å². The number of carbonyl (C=O) groups is 1. The average molecular weight is 257 g/mol. The molecule has 1 heterocycles. The van der Waals surface area contributed by atoms with E-state index in [0.717, 1.165) is 22.2 Å². The fraction of sp³-hybridized carbons (Fsp3) is 0.375. The molecule has 0 radical (unpaired) electrons. The fourth-order valence-electron chi connectivity index (χ4n) is 2.29. The third-order valence-electron chi connectivity index (χ3n) is 3.55. The molecule has 2 rings (SSSR count). The maximum absolute atomic E-state index is 11.3. The second kappa shape index (κ2) is 5.39. The molecule has 0 saturated carbocycles. The number of fused-ring (bicyclic) bond motifs is 1. The van der Waals surface area contributed by atoms with Crippen molar-refractivity contribution in [2.24, 2.45) is 0 Å². The lowest BCUT2D eigenvalue weighted by atomic mass is 9.98. The molecule has 0 amide bonds. The lowest BCUT2D eigenvalue weighted by molar-refractivity contribution is -0.140. The van der Waals surface area contributed by atoms with Crippen LogP contribution in [-0.4, -0.2) is 18.1 Å². The summed E-state index contributed by atoms with van der Waals surface area (Å²) in [5.74, 6) is -0.175. The van der Waals surface area contributed by atoms with Crippen LogP contribution in [0.25, 0.3) is 10.9 Å². The summed E-state index contributed by atoms with van der Waals surface area (Å²) in [6.07, 6.45) is 1.09. The van der Waals surface area contributed by atoms with Gasteiger partial charge in [0.1, 0.15) is 0 Å². The van der Waals surface area contributed by atoms with Gasteiger partial charge in [0.25, 0.3) is 0 Å². The molecule has 0 aliphatic heterocycles. The molecule has 0 aliphatic carbocycles. The lowest BCUT2D eigenvalue weighted by Crippen LogP contribution is -2.03. The van der Waals surface area contributed by atoms with E-state index in [1.165, 1.54) is 18.2 Å². The van der Waals surface area contributed by atoms with E-state index in [-0.39, 0.29) is 5.97 Å². The molecule has 0 aliphatic rings. The Kier molecular flexibility index (Phi) is 3.84. The molecule has 0 atom stereocenters. The number of methoxy groups -OCH3 is 1. The summed E-state index contributed by atoms with van der Waals surface area (Å²) >= 11 is 0. The third kappa shape index (κ3) is 2.75. The van der Waals surface area contributed by atoms with E-state index in [1.54, 1.807) is 0 Å². The van der Waals surface area contributed by atoms with Crippen LogP contribution in [0.4, 0.5) is 0 Å². The Morgan fingerprint density at radius 2 is 2.00 bits per heavy atom. The van der Waals surface area contributed by atoms with Crippen molar-refractivity contribution in [3.05, 3.63) is 40.6 Å². The van der Waals surface area contributed by atoms with Crippen molar-refractivity contribution in [3.8, 4) is 0 Å². The van der Waals surface area contributed by atoms with Crippen LogP contribution >= 0.6 is 0 Å². The molecule has 1 aromatic heterocycles. The van der Waals surface area contributed by atoms with Crippen LogP contribution in [0.2, 0.25) is 0 Å². The van der Waals surface area contributed by atoms with E-state index in [0.29, 0.717) is 12.8 Å². The second-order valence-corrected chi connectivity index (χ2v) is 4.90. The smallest absolute Gasteiger partial charge is 0.305 e. The number of aromatic nitrogens is 1. The van der Waals surface area contributed by atoms with Crippen molar-refractivity contribution in [2.45, 2.75) is 33.6 Å². The Morgan fingerprint density at radius 1 is 1.26 bits per heavy atom. The minimum atomic E-state index is -0.175. The predicted octanol–water partition coefficient (Wildman–Crippen LogP) is 3.27. The minimum Gasteiger partial charge on any atom is -0.469 e. The zero-order valence-electron chi connectivity index (χ0n) is 11.9.